The van der Waals surface area contributed by atoms with E-state index < -0.39 is 5.97 Å². The molecule has 1 aromatic carbocycles. The first-order chi connectivity index (χ1) is 11.6. The molecule has 1 aliphatic heterocycles. The summed E-state index contributed by atoms with van der Waals surface area (Å²) in [5.74, 6) is 0.708. The number of hydrogen-bond donors (Lipinski definition) is 1. The van der Waals surface area contributed by atoms with Crippen LogP contribution in [-0.4, -0.2) is 41.8 Å². The molecule has 0 aliphatic carbocycles. The van der Waals surface area contributed by atoms with Crippen molar-refractivity contribution >= 4 is 17.3 Å². The number of thiophene rings is 1. The van der Waals surface area contributed by atoms with Gasteiger partial charge in [0.1, 0.15) is 17.6 Å². The standard InChI is InChI=1S/C18H21NO4S/c1-3-19(9-13-8-17(18(20)21)24-12(13)2)10-14-11-22-15-6-4-5-7-16(15)23-14/h4-8,14H,3,9-11H2,1-2H3,(H,20,21). The normalized spacial score (nSPS) is 16.4. The second-order valence-electron chi connectivity index (χ2n) is 5.82. The number of hydrogen-bond acceptors (Lipinski definition) is 5. The second-order valence-corrected chi connectivity index (χ2v) is 7.08. The molecule has 2 heterocycles. The molecule has 128 valence electrons. The van der Waals surface area contributed by atoms with Gasteiger partial charge in [-0.15, -0.1) is 11.3 Å². The molecule has 24 heavy (non-hydrogen) atoms. The lowest BCUT2D eigenvalue weighted by atomic mass is 10.2. The van der Waals surface area contributed by atoms with E-state index in [0.29, 0.717) is 18.0 Å². The van der Waals surface area contributed by atoms with E-state index in [0.717, 1.165) is 35.0 Å². The van der Waals surface area contributed by atoms with E-state index in [2.05, 4.69) is 11.8 Å². The average Bonchev–Trinajstić information content (AvgIpc) is 2.95. The first kappa shape index (κ1) is 16.8. The van der Waals surface area contributed by atoms with Gasteiger partial charge in [-0.3, -0.25) is 4.90 Å². The highest BCUT2D eigenvalue weighted by Crippen LogP contribution is 2.31. The maximum absolute atomic E-state index is 11.1. The fourth-order valence-electron chi connectivity index (χ4n) is 2.77. The van der Waals surface area contributed by atoms with E-state index in [4.69, 9.17) is 14.6 Å². The molecule has 0 amide bonds. The van der Waals surface area contributed by atoms with Gasteiger partial charge >= 0.3 is 5.97 Å². The molecule has 0 saturated carbocycles. The molecule has 0 fully saturated rings. The lowest BCUT2D eigenvalue weighted by Gasteiger charge is -2.30. The van der Waals surface area contributed by atoms with Crippen molar-refractivity contribution in [2.75, 3.05) is 19.7 Å². The van der Waals surface area contributed by atoms with Crippen molar-refractivity contribution in [2.24, 2.45) is 0 Å². The Morgan fingerprint density at radius 3 is 2.79 bits per heavy atom. The number of carboxylic acids is 1. The Morgan fingerprint density at radius 1 is 1.38 bits per heavy atom. The topological polar surface area (TPSA) is 59.0 Å². The monoisotopic (exact) mass is 347 g/mol. The van der Waals surface area contributed by atoms with Crippen molar-refractivity contribution in [3.63, 3.8) is 0 Å². The summed E-state index contributed by atoms with van der Waals surface area (Å²) in [6.07, 6.45) is -0.0299. The van der Waals surface area contributed by atoms with E-state index >= 15 is 0 Å². The highest BCUT2D eigenvalue weighted by atomic mass is 32.1. The van der Waals surface area contributed by atoms with E-state index in [1.54, 1.807) is 6.07 Å². The molecule has 0 spiro atoms. The Kier molecular flexibility index (Phi) is 5.06. The van der Waals surface area contributed by atoms with Crippen LogP contribution in [0.3, 0.4) is 0 Å². The Hall–Kier alpha value is -2.05. The van der Waals surface area contributed by atoms with Crippen LogP contribution in [0.5, 0.6) is 11.5 Å². The Morgan fingerprint density at radius 2 is 2.12 bits per heavy atom. The van der Waals surface area contributed by atoms with Gasteiger partial charge in [0, 0.05) is 18.0 Å². The molecular formula is C18H21NO4S. The number of likely N-dealkylation sites (N-methyl/N-ethyl adjacent to an activating group) is 1. The van der Waals surface area contributed by atoms with Crippen LogP contribution in [0.2, 0.25) is 0 Å². The van der Waals surface area contributed by atoms with Gasteiger partial charge in [0.15, 0.2) is 11.5 Å². The highest BCUT2D eigenvalue weighted by Gasteiger charge is 2.23. The number of fused-ring (bicyclic) bond motifs is 1. The zero-order chi connectivity index (χ0) is 17.1. The number of carbonyl (C=O) groups is 1. The fraction of sp³-hybridized carbons (Fsp3) is 0.389. The van der Waals surface area contributed by atoms with Crippen LogP contribution in [0.4, 0.5) is 0 Å². The first-order valence-electron chi connectivity index (χ1n) is 8.00. The maximum atomic E-state index is 11.1. The van der Waals surface area contributed by atoms with Crippen molar-refractivity contribution < 1.29 is 19.4 Å². The summed E-state index contributed by atoms with van der Waals surface area (Å²) in [4.78, 5) is 14.8. The van der Waals surface area contributed by atoms with Gasteiger partial charge in [-0.2, -0.15) is 0 Å². The van der Waals surface area contributed by atoms with Crippen molar-refractivity contribution in [2.45, 2.75) is 26.5 Å². The Bertz CT molecular complexity index is 728. The fourth-order valence-corrected chi connectivity index (χ4v) is 3.64. The molecule has 1 unspecified atom stereocenters. The first-order valence-corrected chi connectivity index (χ1v) is 8.82. The number of rotatable bonds is 6. The summed E-state index contributed by atoms with van der Waals surface area (Å²) >= 11 is 1.33. The van der Waals surface area contributed by atoms with Crippen LogP contribution < -0.4 is 9.47 Å². The van der Waals surface area contributed by atoms with E-state index in [1.165, 1.54) is 11.3 Å². The van der Waals surface area contributed by atoms with E-state index in [9.17, 15) is 4.79 Å². The number of nitrogens with zero attached hydrogens (tertiary/aromatic N) is 1. The number of carboxylic acid groups (broad SMARTS) is 1. The molecule has 2 aromatic rings. The molecule has 1 aromatic heterocycles. The molecule has 1 aliphatic rings. The van der Waals surface area contributed by atoms with Crippen molar-refractivity contribution in [1.82, 2.24) is 4.90 Å². The molecule has 0 radical (unpaired) electrons. The SMILES string of the molecule is CCN(Cc1cc(C(=O)O)sc1C)CC1COc2ccccc2O1. The largest absolute Gasteiger partial charge is 0.486 e. The third kappa shape index (κ3) is 3.71. The van der Waals surface area contributed by atoms with Crippen molar-refractivity contribution in [1.29, 1.82) is 0 Å². The van der Waals surface area contributed by atoms with Crippen LogP contribution in [0.25, 0.3) is 0 Å². The van der Waals surface area contributed by atoms with Crippen molar-refractivity contribution in [3.8, 4) is 11.5 Å². The van der Waals surface area contributed by atoms with Crippen molar-refractivity contribution in [3.05, 3.63) is 45.6 Å². The summed E-state index contributed by atoms with van der Waals surface area (Å²) < 4.78 is 11.8. The van der Waals surface area contributed by atoms with Gasteiger partial charge in [-0.05, 0) is 37.2 Å². The zero-order valence-electron chi connectivity index (χ0n) is 13.8. The maximum Gasteiger partial charge on any atom is 0.345 e. The van der Waals surface area contributed by atoms with Crippen LogP contribution >= 0.6 is 11.3 Å². The third-order valence-corrected chi connectivity index (χ3v) is 5.18. The minimum absolute atomic E-state index is 0.0299. The van der Waals surface area contributed by atoms with Gasteiger partial charge < -0.3 is 14.6 Å². The summed E-state index contributed by atoms with van der Waals surface area (Å²) in [5, 5.41) is 9.13. The number of aromatic carboxylic acids is 1. The van der Waals surface area contributed by atoms with Gasteiger partial charge in [0.25, 0.3) is 0 Å². The molecular weight excluding hydrogens is 326 g/mol. The number of para-hydroxylation sites is 2. The van der Waals surface area contributed by atoms with Crippen LogP contribution in [0, 0.1) is 6.92 Å². The second kappa shape index (κ2) is 7.23. The Labute approximate surface area is 145 Å². The van der Waals surface area contributed by atoms with Crippen LogP contribution in [0.15, 0.2) is 30.3 Å². The van der Waals surface area contributed by atoms with Gasteiger partial charge in [0.05, 0.1) is 0 Å². The third-order valence-electron chi connectivity index (χ3n) is 4.10. The predicted octanol–water partition coefficient (Wildman–Crippen LogP) is 3.42. The van der Waals surface area contributed by atoms with E-state index in [-0.39, 0.29) is 6.10 Å². The summed E-state index contributed by atoms with van der Waals surface area (Å²) in [6.45, 7) is 6.90. The molecule has 0 bridgehead atoms. The molecule has 1 atom stereocenters. The van der Waals surface area contributed by atoms with Gasteiger partial charge in [-0.25, -0.2) is 4.79 Å². The average molecular weight is 347 g/mol. The van der Waals surface area contributed by atoms with Gasteiger partial charge in [-0.1, -0.05) is 19.1 Å². The smallest absolute Gasteiger partial charge is 0.345 e. The summed E-state index contributed by atoms with van der Waals surface area (Å²) in [7, 11) is 0. The molecule has 3 rings (SSSR count). The molecule has 0 saturated heterocycles. The lowest BCUT2D eigenvalue weighted by molar-refractivity contribution is 0.0580. The number of ether oxygens (including phenoxy) is 2. The summed E-state index contributed by atoms with van der Waals surface area (Å²) in [5.41, 5.74) is 1.07. The van der Waals surface area contributed by atoms with Crippen LogP contribution in [-0.2, 0) is 6.54 Å². The zero-order valence-corrected chi connectivity index (χ0v) is 14.6. The molecule has 5 nitrogen and oxygen atoms in total. The minimum Gasteiger partial charge on any atom is -0.486 e. The summed E-state index contributed by atoms with van der Waals surface area (Å²) in [6, 6.07) is 9.47. The lowest BCUT2D eigenvalue weighted by Crippen LogP contribution is -2.40. The molecule has 1 N–H and O–H groups in total. The number of benzene rings is 1. The molecule has 6 heteroatoms. The number of aryl methyl sites for hydroxylation is 1. The predicted molar refractivity (Wildman–Crippen MR) is 93.3 cm³/mol. The Balaban J connectivity index is 1.64. The van der Waals surface area contributed by atoms with Gasteiger partial charge in [0.2, 0.25) is 0 Å². The highest BCUT2D eigenvalue weighted by molar-refractivity contribution is 7.14. The van der Waals surface area contributed by atoms with Crippen LogP contribution in [0.1, 0.15) is 27.0 Å². The van der Waals surface area contributed by atoms with E-state index in [1.807, 2.05) is 31.2 Å². The quantitative estimate of drug-likeness (QED) is 0.868. The minimum atomic E-state index is -0.863.